The van der Waals surface area contributed by atoms with E-state index >= 15 is 0 Å². The van der Waals surface area contributed by atoms with Crippen LogP contribution in [0.1, 0.15) is 0 Å². The average Bonchev–Trinajstić information content (AvgIpc) is 2.27. The number of halogens is 3. The van der Waals surface area contributed by atoms with Crippen LogP contribution in [-0.4, -0.2) is 9.97 Å². The first-order valence-corrected chi connectivity index (χ1v) is 5.12. The summed E-state index contributed by atoms with van der Waals surface area (Å²) in [5.74, 6) is -0.600. The van der Waals surface area contributed by atoms with E-state index in [4.69, 9.17) is 23.2 Å². The summed E-state index contributed by atoms with van der Waals surface area (Å²) in [5.41, 5.74) is 0.554. The Balaban J connectivity index is 2.34. The van der Waals surface area contributed by atoms with Gasteiger partial charge in [-0.3, -0.25) is 0 Å². The van der Waals surface area contributed by atoms with Gasteiger partial charge in [0.2, 0.25) is 5.28 Å². The first-order valence-electron chi connectivity index (χ1n) is 4.36. The van der Waals surface area contributed by atoms with Gasteiger partial charge in [0.1, 0.15) is 0 Å². The van der Waals surface area contributed by atoms with Crippen LogP contribution in [0.25, 0.3) is 0 Å². The van der Waals surface area contributed by atoms with Crippen LogP contribution in [-0.2, 0) is 0 Å². The monoisotopic (exact) mass is 257 g/mol. The van der Waals surface area contributed by atoms with Crippen molar-refractivity contribution in [3.05, 3.63) is 46.6 Å². The number of hydrogen-bond acceptors (Lipinski definition) is 3. The molecule has 1 heterocycles. The largest absolute Gasteiger partial charge is 0.336 e. The molecule has 6 heteroatoms. The zero-order valence-corrected chi connectivity index (χ0v) is 9.43. The normalized spacial score (nSPS) is 10.2. The van der Waals surface area contributed by atoms with Crippen LogP contribution >= 0.6 is 23.2 Å². The summed E-state index contributed by atoms with van der Waals surface area (Å²) in [7, 11) is 0. The Hall–Kier alpha value is -1.39. The van der Waals surface area contributed by atoms with Crippen LogP contribution in [0, 0.1) is 5.82 Å². The van der Waals surface area contributed by atoms with Crippen molar-refractivity contribution in [1.82, 2.24) is 9.97 Å². The predicted octanol–water partition coefficient (Wildman–Crippen LogP) is 3.67. The lowest BCUT2D eigenvalue weighted by atomic mass is 10.3. The molecule has 3 nitrogen and oxygen atoms in total. The molecule has 0 bridgehead atoms. The third-order valence-corrected chi connectivity index (χ3v) is 2.35. The van der Waals surface area contributed by atoms with Crippen molar-refractivity contribution in [2.24, 2.45) is 0 Å². The fourth-order valence-corrected chi connectivity index (χ4v) is 1.44. The van der Waals surface area contributed by atoms with E-state index in [0.29, 0.717) is 10.7 Å². The third-order valence-electron chi connectivity index (χ3n) is 1.84. The van der Waals surface area contributed by atoms with Crippen molar-refractivity contribution >= 4 is 34.7 Å². The highest BCUT2D eigenvalue weighted by molar-refractivity contribution is 6.33. The Morgan fingerprint density at radius 3 is 2.69 bits per heavy atom. The van der Waals surface area contributed by atoms with Crippen molar-refractivity contribution in [2.45, 2.75) is 0 Å². The molecular weight excluding hydrogens is 252 g/mol. The highest BCUT2D eigenvalue weighted by Gasteiger charge is 2.07. The van der Waals surface area contributed by atoms with Gasteiger partial charge in [0, 0.05) is 0 Å². The minimum Gasteiger partial charge on any atom is -0.336 e. The van der Waals surface area contributed by atoms with E-state index in [-0.39, 0.29) is 11.1 Å². The van der Waals surface area contributed by atoms with E-state index in [1.165, 1.54) is 0 Å². The zero-order chi connectivity index (χ0) is 11.5. The SMILES string of the molecule is Fc1cnc(Cl)nc1Nc1ccccc1Cl. The summed E-state index contributed by atoms with van der Waals surface area (Å²) in [6.45, 7) is 0. The molecule has 0 aliphatic rings. The molecule has 0 radical (unpaired) electrons. The summed E-state index contributed by atoms with van der Waals surface area (Å²) in [6.07, 6.45) is 0.995. The van der Waals surface area contributed by atoms with Crippen molar-refractivity contribution in [1.29, 1.82) is 0 Å². The first-order chi connectivity index (χ1) is 7.66. The van der Waals surface area contributed by atoms with Gasteiger partial charge in [0.15, 0.2) is 11.6 Å². The van der Waals surface area contributed by atoms with Crippen molar-refractivity contribution in [3.63, 3.8) is 0 Å². The standard InChI is InChI=1S/C10H6Cl2FN3/c11-6-3-1-2-4-8(6)15-9-7(13)5-14-10(12)16-9/h1-5H,(H,14,15,16). The Labute approximate surface area is 101 Å². The molecule has 1 aromatic heterocycles. The van der Waals surface area contributed by atoms with E-state index in [9.17, 15) is 4.39 Å². The van der Waals surface area contributed by atoms with E-state index in [2.05, 4.69) is 15.3 Å². The number of nitrogens with one attached hydrogen (secondary N) is 1. The van der Waals surface area contributed by atoms with Crippen molar-refractivity contribution in [2.75, 3.05) is 5.32 Å². The summed E-state index contributed by atoms with van der Waals surface area (Å²) in [5, 5.41) is 3.18. The minimum atomic E-state index is -0.593. The van der Waals surface area contributed by atoms with E-state index in [1.54, 1.807) is 24.3 Å². The fourth-order valence-electron chi connectivity index (χ4n) is 1.12. The van der Waals surface area contributed by atoms with Gasteiger partial charge in [-0.1, -0.05) is 23.7 Å². The molecule has 0 unspecified atom stereocenters. The molecule has 1 aromatic carbocycles. The molecule has 0 saturated heterocycles. The number of anilines is 2. The second kappa shape index (κ2) is 4.63. The van der Waals surface area contributed by atoms with E-state index in [0.717, 1.165) is 6.20 Å². The molecule has 16 heavy (non-hydrogen) atoms. The van der Waals surface area contributed by atoms with Gasteiger partial charge in [-0.15, -0.1) is 0 Å². The zero-order valence-electron chi connectivity index (χ0n) is 7.92. The highest BCUT2D eigenvalue weighted by atomic mass is 35.5. The van der Waals surface area contributed by atoms with E-state index in [1.807, 2.05) is 0 Å². The van der Waals surface area contributed by atoms with Crippen LogP contribution in [0.2, 0.25) is 10.3 Å². The number of nitrogens with zero attached hydrogens (tertiary/aromatic N) is 2. The topological polar surface area (TPSA) is 37.8 Å². The smallest absolute Gasteiger partial charge is 0.224 e. The molecule has 2 rings (SSSR count). The van der Waals surface area contributed by atoms with Crippen LogP contribution in [0.3, 0.4) is 0 Å². The molecule has 0 aliphatic carbocycles. The average molecular weight is 258 g/mol. The van der Waals surface area contributed by atoms with Crippen molar-refractivity contribution < 1.29 is 4.39 Å². The quantitative estimate of drug-likeness (QED) is 0.835. The van der Waals surface area contributed by atoms with Crippen LogP contribution in [0.5, 0.6) is 0 Å². The maximum absolute atomic E-state index is 13.3. The molecule has 0 fully saturated rings. The van der Waals surface area contributed by atoms with Gasteiger partial charge in [0.25, 0.3) is 0 Å². The Bertz CT molecular complexity index is 519. The van der Waals surface area contributed by atoms with E-state index < -0.39 is 5.82 Å². The van der Waals surface area contributed by atoms with Gasteiger partial charge >= 0.3 is 0 Å². The fraction of sp³-hybridized carbons (Fsp3) is 0. The van der Waals surface area contributed by atoms with Gasteiger partial charge < -0.3 is 5.32 Å². The minimum absolute atomic E-state index is 0.00639. The van der Waals surface area contributed by atoms with Gasteiger partial charge in [0.05, 0.1) is 16.9 Å². The van der Waals surface area contributed by atoms with Crippen LogP contribution < -0.4 is 5.32 Å². The lowest BCUT2D eigenvalue weighted by Gasteiger charge is -2.07. The lowest BCUT2D eigenvalue weighted by molar-refractivity contribution is 0.619. The molecule has 0 aliphatic heterocycles. The molecular formula is C10H6Cl2FN3. The molecule has 0 amide bonds. The second-order valence-electron chi connectivity index (χ2n) is 2.94. The van der Waals surface area contributed by atoms with Gasteiger partial charge in [-0.2, -0.15) is 4.98 Å². The number of para-hydroxylation sites is 1. The number of rotatable bonds is 2. The summed E-state index contributed by atoms with van der Waals surface area (Å²) < 4.78 is 13.3. The number of hydrogen-bond donors (Lipinski definition) is 1. The first kappa shape index (κ1) is 11.1. The summed E-state index contributed by atoms with van der Waals surface area (Å²) in [6, 6.07) is 6.94. The Morgan fingerprint density at radius 1 is 1.19 bits per heavy atom. The molecule has 0 saturated carbocycles. The molecule has 1 N–H and O–H groups in total. The predicted molar refractivity (Wildman–Crippen MR) is 61.7 cm³/mol. The van der Waals surface area contributed by atoms with Crippen molar-refractivity contribution in [3.8, 4) is 0 Å². The molecule has 2 aromatic rings. The van der Waals surface area contributed by atoms with Gasteiger partial charge in [-0.25, -0.2) is 9.37 Å². The molecule has 0 spiro atoms. The van der Waals surface area contributed by atoms with Crippen LogP contribution in [0.4, 0.5) is 15.9 Å². The maximum Gasteiger partial charge on any atom is 0.224 e. The number of benzene rings is 1. The molecule has 82 valence electrons. The Morgan fingerprint density at radius 2 is 1.94 bits per heavy atom. The van der Waals surface area contributed by atoms with Crippen LogP contribution in [0.15, 0.2) is 30.5 Å². The second-order valence-corrected chi connectivity index (χ2v) is 3.69. The summed E-state index contributed by atoms with van der Waals surface area (Å²) >= 11 is 11.5. The van der Waals surface area contributed by atoms with Gasteiger partial charge in [-0.05, 0) is 23.7 Å². The maximum atomic E-state index is 13.3. The molecule has 0 atom stereocenters. The number of aromatic nitrogens is 2. The summed E-state index contributed by atoms with van der Waals surface area (Å²) in [4.78, 5) is 7.23. The third kappa shape index (κ3) is 2.40. The highest BCUT2D eigenvalue weighted by Crippen LogP contribution is 2.25. The lowest BCUT2D eigenvalue weighted by Crippen LogP contribution is -1.99. The Kier molecular flexibility index (Phi) is 3.22.